The second-order valence-corrected chi connectivity index (χ2v) is 6.64. The monoisotopic (exact) mass is 329 g/mol. The van der Waals surface area contributed by atoms with E-state index in [2.05, 4.69) is 12.1 Å². The van der Waals surface area contributed by atoms with E-state index in [1.807, 2.05) is 48.5 Å². The van der Waals surface area contributed by atoms with E-state index in [-0.39, 0.29) is 25.6 Å². The maximum absolute atomic E-state index is 11.2. The van der Waals surface area contributed by atoms with Crippen LogP contribution in [0, 0.1) is 10.1 Å². The van der Waals surface area contributed by atoms with Crippen molar-refractivity contribution in [2.75, 3.05) is 0 Å². The Morgan fingerprint density at radius 3 is 2.10 bits per heavy atom. The molecule has 0 atom stereocenters. The Bertz CT molecular complexity index is 728. The zero-order valence-electron chi connectivity index (χ0n) is 10.5. The Kier molecular flexibility index (Phi) is 3.50. The Balaban J connectivity index is 2.10. The summed E-state index contributed by atoms with van der Waals surface area (Å²) in [6.07, 6.45) is 0. The van der Waals surface area contributed by atoms with Gasteiger partial charge in [-0.25, -0.2) is 0 Å². The molecular weight excluding hydrogens is 317 g/mol. The van der Waals surface area contributed by atoms with Crippen LogP contribution in [0.3, 0.4) is 0 Å². The van der Waals surface area contributed by atoms with Crippen LogP contribution in [0.5, 0.6) is 0 Å². The molecule has 4 heteroatoms. The van der Waals surface area contributed by atoms with Crippen LogP contribution in [0.1, 0.15) is 0 Å². The number of fused-ring (bicyclic) bond motifs is 1. The first kappa shape index (κ1) is 12.9. The van der Waals surface area contributed by atoms with Gasteiger partial charge in [0.25, 0.3) is 0 Å². The maximum atomic E-state index is 11.2. The van der Waals surface area contributed by atoms with Crippen molar-refractivity contribution < 1.29 is 4.92 Å². The third-order valence-corrected chi connectivity index (χ3v) is 5.25. The molecule has 20 heavy (non-hydrogen) atoms. The summed E-state index contributed by atoms with van der Waals surface area (Å²) in [6, 6.07) is 21.3. The minimum atomic E-state index is -0.299. The zero-order chi connectivity index (χ0) is 13.9. The van der Waals surface area contributed by atoms with Crippen LogP contribution in [0.2, 0.25) is 0 Å². The van der Waals surface area contributed by atoms with Gasteiger partial charge in [0.2, 0.25) is 0 Å². The molecule has 0 fully saturated rings. The standard InChI is InChI=1S/C16H11NO2Se/c18-17(19)15-11-16(20-12-7-3-1-4-8-12)14-10-6-2-5-9-13(14)15/h1-11H. The number of benzene rings is 1. The first-order valence-corrected chi connectivity index (χ1v) is 7.86. The van der Waals surface area contributed by atoms with Gasteiger partial charge in [-0.05, 0) is 0 Å². The van der Waals surface area contributed by atoms with Gasteiger partial charge in [0.1, 0.15) is 0 Å². The summed E-state index contributed by atoms with van der Waals surface area (Å²) in [5.74, 6) is 0. The number of nitro groups is 1. The zero-order valence-corrected chi connectivity index (χ0v) is 12.2. The molecule has 0 N–H and O–H groups in total. The van der Waals surface area contributed by atoms with Crippen molar-refractivity contribution in [1.29, 1.82) is 0 Å². The fourth-order valence-corrected chi connectivity index (χ4v) is 4.23. The number of hydrogen-bond donors (Lipinski definition) is 0. The van der Waals surface area contributed by atoms with Crippen molar-refractivity contribution >= 4 is 29.6 Å². The van der Waals surface area contributed by atoms with Crippen molar-refractivity contribution in [2.45, 2.75) is 0 Å². The molecule has 2 aliphatic carbocycles. The summed E-state index contributed by atoms with van der Waals surface area (Å²) in [6.45, 7) is 0. The van der Waals surface area contributed by atoms with Gasteiger partial charge in [-0.15, -0.1) is 0 Å². The van der Waals surface area contributed by atoms with Crippen molar-refractivity contribution in [2.24, 2.45) is 0 Å². The molecule has 0 amide bonds. The Morgan fingerprint density at radius 2 is 1.45 bits per heavy atom. The molecule has 0 radical (unpaired) electrons. The average Bonchev–Trinajstić information content (AvgIpc) is 2.63. The van der Waals surface area contributed by atoms with Crippen LogP contribution in [-0.4, -0.2) is 19.9 Å². The van der Waals surface area contributed by atoms with Gasteiger partial charge in [-0.1, -0.05) is 0 Å². The molecule has 0 spiro atoms. The molecule has 3 nitrogen and oxygen atoms in total. The first-order chi connectivity index (χ1) is 9.75. The van der Waals surface area contributed by atoms with Gasteiger partial charge < -0.3 is 0 Å². The molecule has 2 aliphatic rings. The van der Waals surface area contributed by atoms with E-state index in [0.717, 1.165) is 10.0 Å². The molecular formula is C16H11NO2Se. The predicted molar refractivity (Wildman–Crippen MR) is 81.2 cm³/mol. The normalized spacial score (nSPS) is 10.6. The van der Waals surface area contributed by atoms with Crippen LogP contribution in [-0.2, 0) is 0 Å². The van der Waals surface area contributed by atoms with E-state index in [9.17, 15) is 10.1 Å². The Morgan fingerprint density at radius 1 is 0.850 bits per heavy atom. The van der Waals surface area contributed by atoms with Crippen molar-refractivity contribution in [1.82, 2.24) is 0 Å². The summed E-state index contributed by atoms with van der Waals surface area (Å²) in [7, 11) is 0. The van der Waals surface area contributed by atoms with Crippen LogP contribution in [0.4, 0.5) is 5.69 Å². The third kappa shape index (κ3) is 2.44. The minimum absolute atomic E-state index is 0.0716. The number of rotatable bonds is 3. The number of hydrogen-bond acceptors (Lipinski definition) is 2. The molecule has 3 rings (SSSR count). The summed E-state index contributed by atoms with van der Waals surface area (Å²) in [5, 5.41) is 11.2. The van der Waals surface area contributed by atoms with Crippen molar-refractivity contribution in [3.63, 3.8) is 0 Å². The molecule has 98 valence electrons. The van der Waals surface area contributed by atoms with E-state index < -0.39 is 0 Å². The van der Waals surface area contributed by atoms with Crippen LogP contribution >= 0.6 is 0 Å². The second-order valence-electron chi connectivity index (χ2n) is 4.30. The fraction of sp³-hybridized carbons (Fsp3) is 0. The van der Waals surface area contributed by atoms with Crippen LogP contribution < -0.4 is 8.92 Å². The van der Waals surface area contributed by atoms with Gasteiger partial charge in [0, 0.05) is 0 Å². The average molecular weight is 328 g/mol. The molecule has 0 unspecified atom stereocenters. The van der Waals surface area contributed by atoms with Gasteiger partial charge in [0.05, 0.1) is 0 Å². The van der Waals surface area contributed by atoms with E-state index in [0.29, 0.717) is 5.56 Å². The van der Waals surface area contributed by atoms with E-state index in [1.165, 1.54) is 4.46 Å². The quantitative estimate of drug-likeness (QED) is 0.421. The van der Waals surface area contributed by atoms with E-state index >= 15 is 0 Å². The third-order valence-electron chi connectivity index (χ3n) is 3.02. The molecule has 0 aromatic heterocycles. The summed E-state index contributed by atoms with van der Waals surface area (Å²) in [4.78, 5) is 10.9. The Hall–Kier alpha value is -2.16. The SMILES string of the molecule is O=[N+]([O-])c1cc([Se]c2ccccc2)c2cccccc1-2. The molecule has 0 bridgehead atoms. The summed E-state index contributed by atoms with van der Waals surface area (Å²) < 4.78 is 2.27. The first-order valence-electron chi connectivity index (χ1n) is 6.15. The fourth-order valence-electron chi connectivity index (χ4n) is 2.12. The predicted octanol–water partition coefficient (Wildman–Crippen LogP) is 2.35. The van der Waals surface area contributed by atoms with Crippen molar-refractivity contribution in [3.05, 3.63) is 76.8 Å². The van der Waals surface area contributed by atoms with Crippen molar-refractivity contribution in [3.8, 4) is 11.1 Å². The Labute approximate surface area is 122 Å². The van der Waals surface area contributed by atoms with E-state index in [4.69, 9.17) is 0 Å². The molecule has 0 saturated heterocycles. The van der Waals surface area contributed by atoms with E-state index in [1.54, 1.807) is 6.07 Å². The topological polar surface area (TPSA) is 43.1 Å². The van der Waals surface area contributed by atoms with Gasteiger partial charge >= 0.3 is 122 Å². The molecule has 0 heterocycles. The summed E-state index contributed by atoms with van der Waals surface area (Å²) >= 11 is 0.0716. The van der Waals surface area contributed by atoms with Crippen LogP contribution in [0.25, 0.3) is 11.1 Å². The number of nitrogens with zero attached hydrogens (tertiary/aromatic N) is 1. The second kappa shape index (κ2) is 5.45. The molecule has 0 aliphatic heterocycles. The summed E-state index contributed by atoms with van der Waals surface area (Å²) in [5.41, 5.74) is 1.89. The molecule has 0 saturated carbocycles. The van der Waals surface area contributed by atoms with Crippen LogP contribution in [0.15, 0.2) is 66.7 Å². The molecule has 1 aromatic rings. The van der Waals surface area contributed by atoms with Gasteiger partial charge in [0.15, 0.2) is 0 Å². The van der Waals surface area contributed by atoms with Gasteiger partial charge in [-0.3, -0.25) is 0 Å². The molecule has 1 aromatic carbocycles. The van der Waals surface area contributed by atoms with Gasteiger partial charge in [-0.2, -0.15) is 0 Å².